The Bertz CT molecular complexity index is 667. The van der Waals surface area contributed by atoms with Gasteiger partial charge in [0.25, 0.3) is 0 Å². The quantitative estimate of drug-likeness (QED) is 0.786. The van der Waals surface area contributed by atoms with Gasteiger partial charge in [-0.1, -0.05) is 13.0 Å². The summed E-state index contributed by atoms with van der Waals surface area (Å²) in [6.45, 7) is 3.95. The fourth-order valence-electron chi connectivity index (χ4n) is 1.76. The van der Waals surface area contributed by atoms with Gasteiger partial charge in [-0.05, 0) is 43.2 Å². The van der Waals surface area contributed by atoms with Crippen molar-refractivity contribution in [2.45, 2.75) is 20.3 Å². The van der Waals surface area contributed by atoms with Crippen molar-refractivity contribution in [3.05, 3.63) is 51.2 Å². The zero-order chi connectivity index (χ0) is 14.5. The number of hydrogen-bond donors (Lipinski definition) is 0. The van der Waals surface area contributed by atoms with Crippen LogP contribution in [0.5, 0.6) is 5.75 Å². The van der Waals surface area contributed by atoms with Crippen LogP contribution in [-0.2, 0) is 6.42 Å². The van der Waals surface area contributed by atoms with Gasteiger partial charge >= 0.3 is 0 Å². The lowest BCUT2D eigenvalue weighted by Crippen LogP contribution is -2.10. The summed E-state index contributed by atoms with van der Waals surface area (Å²) in [5.41, 5.74) is 1.44. The first-order valence-electron chi connectivity index (χ1n) is 6.39. The van der Waals surface area contributed by atoms with Crippen molar-refractivity contribution in [3.63, 3.8) is 0 Å². The minimum Gasteiger partial charge on any atom is -0.485 e. The van der Waals surface area contributed by atoms with Crippen molar-refractivity contribution < 1.29 is 9.53 Å². The molecule has 0 saturated heterocycles. The average Bonchev–Trinajstić information content (AvgIpc) is 2.95. The Morgan fingerprint density at radius 1 is 1.35 bits per heavy atom. The molecule has 1 heterocycles. The molecule has 0 aliphatic heterocycles. The number of Topliss-reactive ketones (excluding diaryl/α,β-unsaturated/α-hetero) is 1. The number of carbonyl (C=O) groups excluding carboxylic acids is 1. The van der Waals surface area contributed by atoms with Gasteiger partial charge in [0.05, 0.1) is 16.5 Å². The summed E-state index contributed by atoms with van der Waals surface area (Å²) in [6, 6.07) is 11.1. The smallest absolute Gasteiger partial charge is 0.210 e. The third kappa shape index (κ3) is 3.25. The van der Waals surface area contributed by atoms with Crippen LogP contribution in [0.4, 0.5) is 0 Å². The first-order valence-corrected chi connectivity index (χ1v) is 7.21. The summed E-state index contributed by atoms with van der Waals surface area (Å²) in [4.78, 5) is 13.9. The zero-order valence-corrected chi connectivity index (χ0v) is 12.3. The van der Waals surface area contributed by atoms with Gasteiger partial charge in [-0.3, -0.25) is 4.79 Å². The normalized spacial score (nSPS) is 10.1. The predicted octanol–water partition coefficient (Wildman–Crippen LogP) is 3.75. The van der Waals surface area contributed by atoms with Gasteiger partial charge in [0.2, 0.25) is 5.78 Å². The predicted molar refractivity (Wildman–Crippen MR) is 79.4 cm³/mol. The molecule has 1 aromatic carbocycles. The van der Waals surface area contributed by atoms with E-state index in [0.29, 0.717) is 11.3 Å². The van der Waals surface area contributed by atoms with E-state index in [4.69, 9.17) is 10.00 Å². The number of ether oxygens (including phenoxy) is 1. The van der Waals surface area contributed by atoms with Gasteiger partial charge in [-0.25, -0.2) is 0 Å². The maximum Gasteiger partial charge on any atom is 0.210 e. The van der Waals surface area contributed by atoms with E-state index in [9.17, 15) is 4.79 Å². The summed E-state index contributed by atoms with van der Waals surface area (Å²) in [5.74, 6) is 0.557. The van der Waals surface area contributed by atoms with Crippen molar-refractivity contribution in [3.8, 4) is 11.8 Å². The molecule has 1 aromatic heterocycles. The molecule has 0 fully saturated rings. The van der Waals surface area contributed by atoms with Crippen LogP contribution < -0.4 is 4.74 Å². The Labute approximate surface area is 122 Å². The third-order valence-corrected chi connectivity index (χ3v) is 4.23. The number of rotatable bonds is 5. The number of ketones is 1. The van der Waals surface area contributed by atoms with Crippen molar-refractivity contribution in [1.82, 2.24) is 0 Å². The SMILES string of the molecule is CCc1ccc(C(=O)COc2cc(C#N)ccc2C)s1. The van der Waals surface area contributed by atoms with Crippen LogP contribution in [0.3, 0.4) is 0 Å². The van der Waals surface area contributed by atoms with E-state index in [-0.39, 0.29) is 12.4 Å². The van der Waals surface area contributed by atoms with Crippen molar-refractivity contribution in [1.29, 1.82) is 5.26 Å². The van der Waals surface area contributed by atoms with Crippen LogP contribution in [-0.4, -0.2) is 12.4 Å². The molecule has 0 atom stereocenters. The molecule has 0 saturated carbocycles. The van der Waals surface area contributed by atoms with Gasteiger partial charge in [0, 0.05) is 4.88 Å². The van der Waals surface area contributed by atoms with E-state index >= 15 is 0 Å². The molecule has 2 aromatic rings. The van der Waals surface area contributed by atoms with Gasteiger partial charge < -0.3 is 4.74 Å². The highest BCUT2D eigenvalue weighted by atomic mass is 32.1. The summed E-state index contributed by atoms with van der Waals surface area (Å²) in [5, 5.41) is 8.87. The second-order valence-electron chi connectivity index (χ2n) is 4.42. The first kappa shape index (κ1) is 14.3. The third-order valence-electron chi connectivity index (χ3n) is 2.96. The number of nitriles is 1. The minimum atomic E-state index is -0.0311. The van der Waals surface area contributed by atoms with Gasteiger partial charge in [-0.15, -0.1) is 11.3 Å². The van der Waals surface area contributed by atoms with Gasteiger partial charge in [0.1, 0.15) is 5.75 Å². The van der Waals surface area contributed by atoms with E-state index in [1.807, 2.05) is 25.1 Å². The summed E-state index contributed by atoms with van der Waals surface area (Å²) in [6.07, 6.45) is 0.933. The summed E-state index contributed by atoms with van der Waals surface area (Å²) >= 11 is 1.51. The fourth-order valence-corrected chi connectivity index (χ4v) is 2.63. The second kappa shape index (κ2) is 6.36. The Hall–Kier alpha value is -2.12. The molecule has 0 bridgehead atoms. The second-order valence-corrected chi connectivity index (χ2v) is 5.59. The topological polar surface area (TPSA) is 50.1 Å². The van der Waals surface area contributed by atoms with Crippen LogP contribution in [0.2, 0.25) is 0 Å². The minimum absolute atomic E-state index is 0.000606. The molecule has 0 aliphatic carbocycles. The van der Waals surface area contributed by atoms with Gasteiger partial charge in [0.15, 0.2) is 6.61 Å². The van der Waals surface area contributed by atoms with E-state index < -0.39 is 0 Å². The monoisotopic (exact) mass is 285 g/mol. The lowest BCUT2D eigenvalue weighted by atomic mass is 10.1. The number of nitrogens with zero attached hydrogens (tertiary/aromatic N) is 1. The fraction of sp³-hybridized carbons (Fsp3) is 0.250. The molecule has 4 heteroatoms. The summed E-state index contributed by atoms with van der Waals surface area (Å²) < 4.78 is 5.54. The Kier molecular flexibility index (Phi) is 4.54. The lowest BCUT2D eigenvalue weighted by Gasteiger charge is -2.08. The number of hydrogen-bond acceptors (Lipinski definition) is 4. The molecular weight excluding hydrogens is 270 g/mol. The van der Waals surface area contributed by atoms with Crippen LogP contribution in [0.1, 0.15) is 32.6 Å². The summed E-state index contributed by atoms with van der Waals surface area (Å²) in [7, 11) is 0. The highest BCUT2D eigenvalue weighted by Crippen LogP contribution is 2.21. The molecule has 102 valence electrons. The molecule has 2 rings (SSSR count). The first-order chi connectivity index (χ1) is 9.63. The van der Waals surface area contributed by atoms with Crippen LogP contribution in [0.15, 0.2) is 30.3 Å². The van der Waals surface area contributed by atoms with Crippen LogP contribution in [0.25, 0.3) is 0 Å². The number of benzene rings is 1. The largest absolute Gasteiger partial charge is 0.485 e. The lowest BCUT2D eigenvalue weighted by molar-refractivity contribution is 0.0925. The van der Waals surface area contributed by atoms with Crippen molar-refractivity contribution in [2.75, 3.05) is 6.61 Å². The van der Waals surface area contributed by atoms with Crippen LogP contribution >= 0.6 is 11.3 Å². The standard InChI is InChI=1S/C16H15NO2S/c1-3-13-6-7-16(20-13)14(18)10-19-15-8-12(9-17)5-4-11(15)2/h4-8H,3,10H2,1-2H3. The average molecular weight is 285 g/mol. The number of thiophene rings is 1. The molecule has 0 unspecified atom stereocenters. The molecule has 3 nitrogen and oxygen atoms in total. The van der Waals surface area contributed by atoms with Crippen molar-refractivity contribution in [2.24, 2.45) is 0 Å². The maximum absolute atomic E-state index is 12.0. The maximum atomic E-state index is 12.0. The Morgan fingerprint density at radius 3 is 2.80 bits per heavy atom. The van der Waals surface area contributed by atoms with E-state index in [0.717, 1.165) is 16.9 Å². The van der Waals surface area contributed by atoms with E-state index in [1.54, 1.807) is 12.1 Å². The zero-order valence-electron chi connectivity index (χ0n) is 11.5. The highest BCUT2D eigenvalue weighted by molar-refractivity contribution is 7.14. The number of aryl methyl sites for hydroxylation is 2. The molecular formula is C16H15NO2S. The molecule has 0 spiro atoms. The van der Waals surface area contributed by atoms with Crippen LogP contribution in [0, 0.1) is 18.3 Å². The Balaban J connectivity index is 2.05. The Morgan fingerprint density at radius 2 is 2.15 bits per heavy atom. The molecule has 0 radical (unpaired) electrons. The van der Waals surface area contributed by atoms with Gasteiger partial charge in [-0.2, -0.15) is 5.26 Å². The molecule has 0 amide bonds. The molecule has 20 heavy (non-hydrogen) atoms. The van der Waals surface area contributed by atoms with Crippen molar-refractivity contribution >= 4 is 17.1 Å². The van der Waals surface area contributed by atoms with E-state index in [1.165, 1.54) is 16.2 Å². The number of carbonyl (C=O) groups is 1. The molecule has 0 aliphatic rings. The highest BCUT2D eigenvalue weighted by Gasteiger charge is 2.11. The molecule has 0 N–H and O–H groups in total. The van der Waals surface area contributed by atoms with E-state index in [2.05, 4.69) is 13.0 Å².